The molecule has 0 spiro atoms. The zero-order valence-electron chi connectivity index (χ0n) is 5.49. The van der Waals surface area contributed by atoms with E-state index in [9.17, 15) is 4.39 Å². The van der Waals surface area contributed by atoms with Gasteiger partial charge in [-0.25, -0.2) is 4.39 Å². The van der Waals surface area contributed by atoms with E-state index in [2.05, 4.69) is 5.32 Å². The Hall–Kier alpha value is -0.110. The smallest absolute Gasteiger partial charge is 0.127 e. The Kier molecular flexibility index (Phi) is 1.06. The number of nitrogens with one attached hydrogen (secondary N) is 1. The van der Waals surface area contributed by atoms with Gasteiger partial charge in [0.1, 0.15) is 5.67 Å². The number of hydrogen-bond acceptors (Lipinski definition) is 1. The lowest BCUT2D eigenvalue weighted by Gasteiger charge is -2.15. The van der Waals surface area contributed by atoms with Crippen LogP contribution in [0.4, 0.5) is 4.39 Å². The zero-order chi connectivity index (χ0) is 6.32. The third-order valence-electron chi connectivity index (χ3n) is 2.45. The monoisotopic (exact) mass is 129 g/mol. The van der Waals surface area contributed by atoms with Crippen molar-refractivity contribution in [2.45, 2.75) is 24.9 Å². The second kappa shape index (κ2) is 1.69. The lowest BCUT2D eigenvalue weighted by atomic mass is 10.00. The summed E-state index contributed by atoms with van der Waals surface area (Å²) in [5.41, 5.74) is -0.806. The predicted molar refractivity (Wildman–Crippen MR) is 34.0 cm³/mol. The van der Waals surface area contributed by atoms with Gasteiger partial charge in [0.05, 0.1) is 0 Å². The summed E-state index contributed by atoms with van der Waals surface area (Å²) in [4.78, 5) is 0. The Morgan fingerprint density at radius 1 is 1.44 bits per heavy atom. The molecule has 0 unspecified atom stereocenters. The van der Waals surface area contributed by atoms with Crippen LogP contribution in [-0.2, 0) is 0 Å². The average molecular weight is 129 g/mol. The highest BCUT2D eigenvalue weighted by Crippen LogP contribution is 2.45. The number of alkyl halides is 1. The molecule has 52 valence electrons. The van der Waals surface area contributed by atoms with E-state index < -0.39 is 5.67 Å². The largest absolute Gasteiger partial charge is 0.313 e. The molecule has 1 aliphatic heterocycles. The standard InChI is InChI=1S/C7H12FN/c8-7(6-1-2-6)3-4-9-5-7/h6,9H,1-5H2/t7-/m0/s1. The van der Waals surface area contributed by atoms with Crippen molar-refractivity contribution in [2.75, 3.05) is 13.1 Å². The van der Waals surface area contributed by atoms with Crippen LogP contribution < -0.4 is 5.32 Å². The summed E-state index contributed by atoms with van der Waals surface area (Å²) in [6.45, 7) is 1.49. The van der Waals surface area contributed by atoms with Crippen molar-refractivity contribution in [3.8, 4) is 0 Å². The molecule has 1 N–H and O–H groups in total. The van der Waals surface area contributed by atoms with Crippen molar-refractivity contribution in [1.29, 1.82) is 0 Å². The maximum atomic E-state index is 13.4. The first-order valence-electron chi connectivity index (χ1n) is 3.71. The fraction of sp³-hybridized carbons (Fsp3) is 1.00. The Morgan fingerprint density at radius 3 is 2.67 bits per heavy atom. The summed E-state index contributed by atoms with van der Waals surface area (Å²) in [7, 11) is 0. The van der Waals surface area contributed by atoms with Crippen LogP contribution >= 0.6 is 0 Å². The van der Waals surface area contributed by atoms with Gasteiger partial charge in [-0.1, -0.05) is 0 Å². The van der Waals surface area contributed by atoms with E-state index in [0.29, 0.717) is 12.5 Å². The molecule has 0 aromatic carbocycles. The van der Waals surface area contributed by atoms with Crippen molar-refractivity contribution in [1.82, 2.24) is 5.32 Å². The summed E-state index contributed by atoms with van der Waals surface area (Å²) in [5, 5.41) is 3.06. The van der Waals surface area contributed by atoms with Gasteiger partial charge in [0.25, 0.3) is 0 Å². The lowest BCUT2D eigenvalue weighted by molar-refractivity contribution is 0.159. The van der Waals surface area contributed by atoms with Crippen molar-refractivity contribution < 1.29 is 4.39 Å². The van der Waals surface area contributed by atoms with Gasteiger partial charge in [0.2, 0.25) is 0 Å². The minimum atomic E-state index is -0.806. The fourth-order valence-corrected chi connectivity index (χ4v) is 1.63. The molecule has 1 atom stereocenters. The molecule has 0 bridgehead atoms. The van der Waals surface area contributed by atoms with Crippen molar-refractivity contribution >= 4 is 0 Å². The first-order valence-corrected chi connectivity index (χ1v) is 3.71. The van der Waals surface area contributed by atoms with Gasteiger partial charge in [-0.2, -0.15) is 0 Å². The second-order valence-corrected chi connectivity index (χ2v) is 3.24. The van der Waals surface area contributed by atoms with Crippen LogP contribution in [-0.4, -0.2) is 18.8 Å². The van der Waals surface area contributed by atoms with Crippen LogP contribution in [0.25, 0.3) is 0 Å². The van der Waals surface area contributed by atoms with Gasteiger partial charge < -0.3 is 5.32 Å². The molecule has 0 amide bonds. The van der Waals surface area contributed by atoms with E-state index >= 15 is 0 Å². The molecule has 1 saturated carbocycles. The molecule has 2 fully saturated rings. The van der Waals surface area contributed by atoms with Crippen LogP contribution in [0.2, 0.25) is 0 Å². The molecule has 1 aliphatic carbocycles. The molecule has 9 heavy (non-hydrogen) atoms. The fourth-order valence-electron chi connectivity index (χ4n) is 1.63. The van der Waals surface area contributed by atoms with Gasteiger partial charge in [-0.05, 0) is 31.7 Å². The Labute approximate surface area is 54.6 Å². The molecule has 0 radical (unpaired) electrons. The molecule has 2 heteroatoms. The highest BCUT2D eigenvalue weighted by atomic mass is 19.1. The average Bonchev–Trinajstić information content (AvgIpc) is 2.60. The van der Waals surface area contributed by atoms with Crippen LogP contribution in [0.15, 0.2) is 0 Å². The lowest BCUT2D eigenvalue weighted by Crippen LogP contribution is -2.28. The summed E-state index contributed by atoms with van der Waals surface area (Å²) >= 11 is 0. The third-order valence-corrected chi connectivity index (χ3v) is 2.45. The van der Waals surface area contributed by atoms with E-state index in [1.165, 1.54) is 0 Å². The minimum Gasteiger partial charge on any atom is -0.313 e. The van der Waals surface area contributed by atoms with Gasteiger partial charge in [0, 0.05) is 6.54 Å². The second-order valence-electron chi connectivity index (χ2n) is 3.24. The maximum absolute atomic E-state index is 13.4. The SMILES string of the molecule is F[C@@]1(C2CC2)CCNC1. The van der Waals surface area contributed by atoms with Crippen molar-refractivity contribution in [3.63, 3.8) is 0 Å². The van der Waals surface area contributed by atoms with Gasteiger partial charge in [-0.15, -0.1) is 0 Å². The van der Waals surface area contributed by atoms with E-state index in [1.54, 1.807) is 0 Å². The molecule has 1 nitrogen and oxygen atoms in total. The predicted octanol–water partition coefficient (Wildman–Crippen LogP) is 1.10. The first-order chi connectivity index (χ1) is 4.31. The quantitative estimate of drug-likeness (QED) is 0.559. The number of rotatable bonds is 1. The molecule has 1 heterocycles. The number of halogens is 1. The van der Waals surface area contributed by atoms with Crippen LogP contribution in [0, 0.1) is 5.92 Å². The van der Waals surface area contributed by atoms with E-state index in [0.717, 1.165) is 25.8 Å². The Morgan fingerprint density at radius 2 is 2.22 bits per heavy atom. The highest BCUT2D eigenvalue weighted by Gasteiger charge is 2.47. The third kappa shape index (κ3) is 0.855. The Bertz CT molecular complexity index is 114. The van der Waals surface area contributed by atoms with Crippen LogP contribution in [0.5, 0.6) is 0 Å². The summed E-state index contributed by atoms with van der Waals surface area (Å²) in [6.07, 6.45) is 2.99. The molecule has 0 aromatic rings. The molecule has 1 saturated heterocycles. The highest BCUT2D eigenvalue weighted by molar-refractivity contribution is 5.00. The molecule has 0 aromatic heterocycles. The van der Waals surface area contributed by atoms with Crippen LogP contribution in [0.1, 0.15) is 19.3 Å². The molecular weight excluding hydrogens is 117 g/mol. The van der Waals surface area contributed by atoms with Gasteiger partial charge >= 0.3 is 0 Å². The minimum absolute atomic E-state index is 0.410. The molecule has 2 aliphatic rings. The van der Waals surface area contributed by atoms with Crippen LogP contribution in [0.3, 0.4) is 0 Å². The van der Waals surface area contributed by atoms with Gasteiger partial charge in [0.15, 0.2) is 0 Å². The maximum Gasteiger partial charge on any atom is 0.127 e. The zero-order valence-corrected chi connectivity index (χ0v) is 5.49. The molecular formula is C7H12FN. The van der Waals surface area contributed by atoms with E-state index in [4.69, 9.17) is 0 Å². The number of hydrogen-bond donors (Lipinski definition) is 1. The summed E-state index contributed by atoms with van der Waals surface area (Å²) in [5.74, 6) is 0.410. The topological polar surface area (TPSA) is 12.0 Å². The Balaban J connectivity index is 2.02. The summed E-state index contributed by atoms with van der Waals surface area (Å²) in [6, 6.07) is 0. The first kappa shape index (κ1) is 5.66. The van der Waals surface area contributed by atoms with E-state index in [1.807, 2.05) is 0 Å². The van der Waals surface area contributed by atoms with E-state index in [-0.39, 0.29) is 0 Å². The van der Waals surface area contributed by atoms with Crippen molar-refractivity contribution in [2.24, 2.45) is 5.92 Å². The van der Waals surface area contributed by atoms with Crippen molar-refractivity contribution in [3.05, 3.63) is 0 Å². The normalized spacial score (nSPS) is 43.7. The van der Waals surface area contributed by atoms with Gasteiger partial charge in [-0.3, -0.25) is 0 Å². The summed E-state index contributed by atoms with van der Waals surface area (Å²) < 4.78 is 13.4. The molecule has 2 rings (SSSR count).